The van der Waals surface area contributed by atoms with Gasteiger partial charge < -0.3 is 9.15 Å². The number of ether oxygens (including phenoxy) is 1. The van der Waals surface area contributed by atoms with E-state index in [2.05, 4.69) is 23.3 Å². The Morgan fingerprint density at radius 3 is 2.92 bits per heavy atom. The molecule has 1 N–H and O–H groups in total. The number of aromatic nitrogens is 1. The summed E-state index contributed by atoms with van der Waals surface area (Å²) >= 11 is 1.45. The summed E-state index contributed by atoms with van der Waals surface area (Å²) in [5.41, 5.74) is 3.81. The molecule has 6 heteroatoms. The van der Waals surface area contributed by atoms with E-state index in [0.717, 1.165) is 21.2 Å². The van der Waals surface area contributed by atoms with Crippen LogP contribution < -0.4 is 10.1 Å². The van der Waals surface area contributed by atoms with Crippen molar-refractivity contribution < 1.29 is 13.9 Å². The summed E-state index contributed by atoms with van der Waals surface area (Å²) in [4.78, 5) is 17.2. The van der Waals surface area contributed by atoms with Crippen LogP contribution in [0, 0.1) is 13.8 Å². The molecule has 2 aromatic heterocycles. The number of hydrogen-bond donors (Lipinski definition) is 1. The quantitative estimate of drug-likeness (QED) is 0.531. The number of nitrogens with zero attached hydrogens (tertiary/aromatic N) is 1. The molecule has 0 bridgehead atoms. The molecule has 0 unspecified atom stereocenters. The Balaban J connectivity index is 1.65. The van der Waals surface area contributed by atoms with E-state index in [1.807, 2.05) is 38.1 Å². The SMILES string of the molecule is CCOc1cccc2cc(C(=O)Nc3nc4c(C)c(C)ccc4s3)oc12. The predicted octanol–water partition coefficient (Wildman–Crippen LogP) is 5.31. The first-order chi connectivity index (χ1) is 12.6. The van der Waals surface area contributed by atoms with Crippen molar-refractivity contribution in [2.24, 2.45) is 0 Å². The lowest BCUT2D eigenvalue weighted by molar-refractivity contribution is 0.0998. The van der Waals surface area contributed by atoms with Crippen molar-refractivity contribution in [2.45, 2.75) is 20.8 Å². The first-order valence-corrected chi connectivity index (χ1v) is 9.22. The summed E-state index contributed by atoms with van der Waals surface area (Å²) in [7, 11) is 0. The fraction of sp³-hybridized carbons (Fsp3) is 0.200. The van der Waals surface area contributed by atoms with Crippen LogP contribution in [-0.4, -0.2) is 17.5 Å². The molecule has 26 heavy (non-hydrogen) atoms. The molecular formula is C20H18N2O3S. The first-order valence-electron chi connectivity index (χ1n) is 8.40. The highest BCUT2D eigenvalue weighted by atomic mass is 32.1. The Bertz CT molecular complexity index is 1130. The summed E-state index contributed by atoms with van der Waals surface area (Å²) in [6.45, 7) is 6.53. The summed E-state index contributed by atoms with van der Waals surface area (Å²) in [6.07, 6.45) is 0. The van der Waals surface area contributed by atoms with Crippen LogP contribution in [0.25, 0.3) is 21.2 Å². The first kappa shape index (κ1) is 16.6. The maximum atomic E-state index is 12.6. The van der Waals surface area contributed by atoms with Crippen molar-refractivity contribution in [2.75, 3.05) is 11.9 Å². The van der Waals surface area contributed by atoms with Gasteiger partial charge in [-0.1, -0.05) is 29.5 Å². The van der Waals surface area contributed by atoms with Crippen LogP contribution in [0.4, 0.5) is 5.13 Å². The molecule has 0 aliphatic rings. The van der Waals surface area contributed by atoms with E-state index in [1.54, 1.807) is 6.07 Å². The molecule has 2 aromatic carbocycles. The lowest BCUT2D eigenvalue weighted by Crippen LogP contribution is -2.10. The minimum Gasteiger partial charge on any atom is -0.490 e. The molecule has 0 spiro atoms. The number of aryl methyl sites for hydroxylation is 2. The van der Waals surface area contributed by atoms with Gasteiger partial charge in [-0.2, -0.15) is 0 Å². The van der Waals surface area contributed by atoms with Gasteiger partial charge in [-0.15, -0.1) is 0 Å². The number of furan rings is 1. The van der Waals surface area contributed by atoms with Crippen molar-refractivity contribution in [1.82, 2.24) is 4.98 Å². The number of benzene rings is 2. The molecule has 0 radical (unpaired) electrons. The number of amides is 1. The zero-order chi connectivity index (χ0) is 18.3. The molecule has 4 aromatic rings. The van der Waals surface area contributed by atoms with Crippen molar-refractivity contribution in [3.05, 3.63) is 53.3 Å². The molecule has 0 aliphatic carbocycles. The van der Waals surface area contributed by atoms with Crippen LogP contribution >= 0.6 is 11.3 Å². The third-order valence-electron chi connectivity index (χ3n) is 4.34. The third-order valence-corrected chi connectivity index (χ3v) is 5.27. The van der Waals surface area contributed by atoms with Gasteiger partial charge in [-0.25, -0.2) is 4.98 Å². The molecule has 5 nitrogen and oxygen atoms in total. The van der Waals surface area contributed by atoms with Gasteiger partial charge in [0.05, 0.1) is 16.8 Å². The summed E-state index contributed by atoms with van der Waals surface area (Å²) in [5.74, 6) is 0.548. The number of fused-ring (bicyclic) bond motifs is 2. The maximum absolute atomic E-state index is 12.6. The monoisotopic (exact) mass is 366 g/mol. The molecule has 132 valence electrons. The Kier molecular flexibility index (Phi) is 4.12. The van der Waals surface area contributed by atoms with Gasteiger partial charge in [0.1, 0.15) is 0 Å². The molecule has 0 saturated heterocycles. The van der Waals surface area contributed by atoms with E-state index >= 15 is 0 Å². The van der Waals surface area contributed by atoms with Gasteiger partial charge in [-0.05, 0) is 50.1 Å². The van der Waals surface area contributed by atoms with E-state index < -0.39 is 0 Å². The molecule has 0 atom stereocenters. The van der Waals surface area contributed by atoms with Gasteiger partial charge in [0.25, 0.3) is 5.91 Å². The zero-order valence-electron chi connectivity index (χ0n) is 14.8. The normalized spacial score (nSPS) is 11.2. The number of para-hydroxylation sites is 1. The fourth-order valence-corrected chi connectivity index (χ4v) is 3.78. The van der Waals surface area contributed by atoms with E-state index in [9.17, 15) is 4.79 Å². The largest absolute Gasteiger partial charge is 0.490 e. The highest BCUT2D eigenvalue weighted by Gasteiger charge is 2.17. The smallest absolute Gasteiger partial charge is 0.293 e. The molecule has 2 heterocycles. The summed E-state index contributed by atoms with van der Waals surface area (Å²) < 4.78 is 12.3. The van der Waals surface area contributed by atoms with Crippen molar-refractivity contribution in [3.8, 4) is 5.75 Å². The van der Waals surface area contributed by atoms with Gasteiger partial charge in [-0.3, -0.25) is 10.1 Å². The second-order valence-corrected chi connectivity index (χ2v) is 7.08. The Morgan fingerprint density at radius 1 is 1.27 bits per heavy atom. The minimum atomic E-state index is -0.322. The van der Waals surface area contributed by atoms with E-state index in [0.29, 0.717) is 23.1 Å². The van der Waals surface area contributed by atoms with Crippen molar-refractivity contribution in [1.29, 1.82) is 0 Å². The number of nitrogens with one attached hydrogen (secondary N) is 1. The Hall–Kier alpha value is -2.86. The van der Waals surface area contributed by atoms with Crippen LogP contribution in [0.1, 0.15) is 28.6 Å². The molecule has 0 fully saturated rings. The molecular weight excluding hydrogens is 348 g/mol. The number of thiazole rings is 1. The lowest BCUT2D eigenvalue weighted by Gasteiger charge is -2.02. The third kappa shape index (κ3) is 2.82. The molecule has 4 rings (SSSR count). The lowest BCUT2D eigenvalue weighted by atomic mass is 10.1. The Labute approximate surface area is 154 Å². The van der Waals surface area contributed by atoms with E-state index in [-0.39, 0.29) is 11.7 Å². The van der Waals surface area contributed by atoms with Crippen LogP contribution in [0.15, 0.2) is 40.8 Å². The summed E-state index contributed by atoms with van der Waals surface area (Å²) in [5, 5.41) is 4.23. The van der Waals surface area contributed by atoms with Crippen LogP contribution in [0.5, 0.6) is 5.75 Å². The van der Waals surface area contributed by atoms with Crippen molar-refractivity contribution in [3.63, 3.8) is 0 Å². The van der Waals surface area contributed by atoms with Gasteiger partial charge in [0.15, 0.2) is 22.2 Å². The Morgan fingerprint density at radius 2 is 2.12 bits per heavy atom. The highest BCUT2D eigenvalue weighted by Crippen LogP contribution is 2.31. The highest BCUT2D eigenvalue weighted by molar-refractivity contribution is 7.22. The maximum Gasteiger partial charge on any atom is 0.293 e. The molecule has 0 saturated carbocycles. The predicted molar refractivity (Wildman–Crippen MR) is 104 cm³/mol. The average Bonchev–Trinajstić information content (AvgIpc) is 3.23. The van der Waals surface area contributed by atoms with E-state index in [1.165, 1.54) is 16.9 Å². The van der Waals surface area contributed by atoms with Crippen LogP contribution in [0.2, 0.25) is 0 Å². The number of rotatable bonds is 4. The topological polar surface area (TPSA) is 64.4 Å². The van der Waals surface area contributed by atoms with Crippen LogP contribution in [-0.2, 0) is 0 Å². The van der Waals surface area contributed by atoms with Gasteiger partial charge in [0.2, 0.25) is 0 Å². The number of hydrogen-bond acceptors (Lipinski definition) is 5. The fourth-order valence-electron chi connectivity index (χ4n) is 2.86. The van der Waals surface area contributed by atoms with Crippen molar-refractivity contribution >= 4 is 43.6 Å². The summed E-state index contributed by atoms with van der Waals surface area (Å²) in [6, 6.07) is 11.4. The molecule has 1 amide bonds. The number of anilines is 1. The molecule has 0 aliphatic heterocycles. The average molecular weight is 366 g/mol. The second-order valence-electron chi connectivity index (χ2n) is 6.05. The second kappa shape index (κ2) is 6.46. The van der Waals surface area contributed by atoms with E-state index in [4.69, 9.17) is 9.15 Å². The standard InChI is InChI=1S/C20H18N2O3S/c1-4-24-14-7-5-6-13-10-15(25-18(13)14)19(23)22-20-21-17-12(3)11(2)8-9-16(17)26-20/h5-10H,4H2,1-3H3,(H,21,22,23). The number of carbonyl (C=O) groups excluding carboxylic acids is 1. The minimum absolute atomic E-state index is 0.235. The van der Waals surface area contributed by atoms with Gasteiger partial charge in [0, 0.05) is 5.39 Å². The van der Waals surface area contributed by atoms with Crippen LogP contribution in [0.3, 0.4) is 0 Å². The van der Waals surface area contributed by atoms with Gasteiger partial charge >= 0.3 is 0 Å². The zero-order valence-corrected chi connectivity index (χ0v) is 15.6. The number of carbonyl (C=O) groups is 1.